The summed E-state index contributed by atoms with van der Waals surface area (Å²) < 4.78 is 0. The van der Waals surface area contributed by atoms with Gasteiger partial charge in [0.25, 0.3) is 0 Å². The van der Waals surface area contributed by atoms with Crippen LogP contribution in [0.1, 0.15) is 20.3 Å². The van der Waals surface area contributed by atoms with E-state index in [9.17, 15) is 19.2 Å². The summed E-state index contributed by atoms with van der Waals surface area (Å²) in [5.41, 5.74) is 0. The number of hydrogen-bond acceptors (Lipinski definition) is 4. The quantitative estimate of drug-likeness (QED) is 0.545. The average Bonchev–Trinajstić information content (AvgIpc) is 3.06. The van der Waals surface area contributed by atoms with Crippen molar-refractivity contribution in [1.82, 2.24) is 35.6 Å². The molecule has 0 saturated carbocycles. The highest BCUT2D eigenvalue weighted by molar-refractivity contribution is 5.86. The van der Waals surface area contributed by atoms with E-state index in [0.717, 1.165) is 0 Å². The van der Waals surface area contributed by atoms with E-state index >= 15 is 0 Å². The van der Waals surface area contributed by atoms with Crippen molar-refractivity contribution in [2.24, 2.45) is 0 Å². The number of nitrogens with one attached hydrogen (secondary N) is 3. The van der Waals surface area contributed by atoms with Crippen molar-refractivity contribution in [1.29, 1.82) is 0 Å². The van der Waals surface area contributed by atoms with Crippen molar-refractivity contribution in [3.05, 3.63) is 0 Å². The zero-order chi connectivity index (χ0) is 17.2. The lowest BCUT2D eigenvalue weighted by molar-refractivity contribution is -0.140. The highest BCUT2D eigenvalue weighted by atomic mass is 16.2. The topological polar surface area (TPSA) is 117 Å². The van der Waals surface area contributed by atoms with Crippen LogP contribution in [-0.2, 0) is 4.79 Å². The maximum absolute atomic E-state index is 12.4. The first-order valence-electron chi connectivity index (χ1n) is 7.91. The fourth-order valence-electron chi connectivity index (χ4n) is 3.88. The van der Waals surface area contributed by atoms with Crippen molar-refractivity contribution >= 4 is 24.0 Å². The van der Waals surface area contributed by atoms with Gasteiger partial charge in [0.05, 0.1) is 6.04 Å². The normalized spacial score (nSPS) is 34.3. The summed E-state index contributed by atoms with van der Waals surface area (Å²) in [6, 6.07) is -1.28. The molecule has 11 heteroatoms. The van der Waals surface area contributed by atoms with Crippen LogP contribution in [0.15, 0.2) is 0 Å². The van der Waals surface area contributed by atoms with Crippen molar-refractivity contribution in [2.45, 2.75) is 44.8 Å². The van der Waals surface area contributed by atoms with Gasteiger partial charge in [0.15, 0.2) is 6.17 Å². The number of carbonyl (C=O) groups is 4. The maximum atomic E-state index is 12.4. The molecule has 4 heterocycles. The molecule has 11 nitrogen and oxygen atoms in total. The van der Waals surface area contributed by atoms with Gasteiger partial charge in [-0.05, 0) is 6.42 Å². The van der Waals surface area contributed by atoms with Gasteiger partial charge in [-0.25, -0.2) is 14.4 Å². The number of urea groups is 3. The Kier molecular flexibility index (Phi) is 3.02. The summed E-state index contributed by atoms with van der Waals surface area (Å²) in [5, 5.41) is 8.23. The average molecular weight is 337 g/mol. The smallest absolute Gasteiger partial charge is 0.322 e. The molecule has 0 aromatic rings. The molecule has 0 aromatic carbocycles. The largest absolute Gasteiger partial charge is 0.331 e. The molecule has 0 aromatic heterocycles. The Labute approximate surface area is 137 Å². The van der Waals surface area contributed by atoms with E-state index in [-0.39, 0.29) is 43.4 Å². The molecule has 3 N–H and O–H groups in total. The van der Waals surface area contributed by atoms with E-state index in [1.54, 1.807) is 0 Å². The fraction of sp³-hybridized carbons (Fsp3) is 0.692. The number of fused-ring (bicyclic) bond motifs is 1. The van der Waals surface area contributed by atoms with Crippen LogP contribution in [0.2, 0.25) is 0 Å². The van der Waals surface area contributed by atoms with E-state index in [0.29, 0.717) is 6.42 Å². The first kappa shape index (κ1) is 14.8. The molecule has 24 heavy (non-hydrogen) atoms. The van der Waals surface area contributed by atoms with Crippen LogP contribution in [0.4, 0.5) is 14.4 Å². The lowest BCUT2D eigenvalue weighted by Crippen LogP contribution is -2.64. The van der Waals surface area contributed by atoms with E-state index in [2.05, 4.69) is 16.0 Å². The predicted molar refractivity (Wildman–Crippen MR) is 78.8 cm³/mol. The molecule has 0 radical (unpaired) electrons. The first-order valence-corrected chi connectivity index (χ1v) is 7.91. The SMILES string of the molecule is CCC1NC(=O)N2CN3C(=O)NC4NC(=O)N(CN(C(C)=O)C12)C43. The molecule has 7 amide bonds. The van der Waals surface area contributed by atoms with Crippen LogP contribution in [0, 0.1) is 0 Å². The Balaban J connectivity index is 1.77. The van der Waals surface area contributed by atoms with Gasteiger partial charge >= 0.3 is 18.1 Å². The molecule has 4 aliphatic heterocycles. The van der Waals surface area contributed by atoms with E-state index in [1.165, 1.54) is 26.5 Å². The van der Waals surface area contributed by atoms with E-state index in [1.807, 2.05) is 6.92 Å². The zero-order valence-electron chi connectivity index (χ0n) is 13.4. The van der Waals surface area contributed by atoms with E-state index < -0.39 is 18.5 Å². The minimum atomic E-state index is -0.568. The maximum Gasteiger partial charge on any atom is 0.322 e. The monoisotopic (exact) mass is 337 g/mol. The molecule has 4 unspecified atom stereocenters. The van der Waals surface area contributed by atoms with Gasteiger partial charge < -0.3 is 20.9 Å². The molecule has 4 saturated heterocycles. The Hall–Kier alpha value is -2.72. The predicted octanol–water partition coefficient (Wildman–Crippen LogP) is -1.40. The lowest BCUT2D eigenvalue weighted by Gasteiger charge is -2.44. The summed E-state index contributed by atoms with van der Waals surface area (Å²) in [6.45, 7) is 3.35. The van der Waals surface area contributed by atoms with Gasteiger partial charge in [0.2, 0.25) is 5.91 Å². The summed E-state index contributed by atoms with van der Waals surface area (Å²) in [6.07, 6.45) is -1.04. The third-order valence-corrected chi connectivity index (χ3v) is 5.04. The number of hydrogen-bond donors (Lipinski definition) is 3. The van der Waals surface area contributed by atoms with Gasteiger partial charge in [0.1, 0.15) is 25.7 Å². The second-order valence-electron chi connectivity index (χ2n) is 6.35. The van der Waals surface area contributed by atoms with Crippen molar-refractivity contribution < 1.29 is 19.2 Å². The molecule has 4 aliphatic rings. The number of nitrogens with zero attached hydrogens (tertiary/aromatic N) is 4. The molecule has 4 rings (SSSR count). The molecular formula is C13H19N7O4. The zero-order valence-corrected chi connectivity index (χ0v) is 13.4. The van der Waals surface area contributed by atoms with Crippen LogP contribution in [0.5, 0.6) is 0 Å². The van der Waals surface area contributed by atoms with Crippen LogP contribution >= 0.6 is 0 Å². The van der Waals surface area contributed by atoms with Crippen molar-refractivity contribution in [3.63, 3.8) is 0 Å². The summed E-state index contributed by atoms with van der Waals surface area (Å²) in [7, 11) is 0. The first-order chi connectivity index (χ1) is 11.4. The van der Waals surface area contributed by atoms with Gasteiger partial charge in [0, 0.05) is 6.92 Å². The minimum Gasteiger partial charge on any atom is -0.331 e. The minimum absolute atomic E-state index is 0.00917. The third kappa shape index (κ3) is 1.83. The summed E-state index contributed by atoms with van der Waals surface area (Å²) >= 11 is 0. The number of amides is 7. The lowest BCUT2D eigenvalue weighted by atomic mass is 10.1. The van der Waals surface area contributed by atoms with Gasteiger partial charge in [-0.3, -0.25) is 19.5 Å². The number of carbonyl (C=O) groups excluding carboxylic acids is 4. The highest BCUT2D eigenvalue weighted by Crippen LogP contribution is 2.30. The Morgan fingerprint density at radius 3 is 2.08 bits per heavy atom. The van der Waals surface area contributed by atoms with Crippen molar-refractivity contribution in [3.8, 4) is 0 Å². The standard InChI is InChI=1S/C13H19N7O4/c1-3-7-9-17(6(2)21)4-19-10-8(15-12(19)23)16-13(24)20(10)5-18(9)11(22)14-7/h7-10H,3-5H2,1-2H3,(H,14,22)(H,15,23)(H,16,24). The molecule has 130 valence electrons. The molecule has 4 atom stereocenters. The molecule has 0 bridgehead atoms. The summed E-state index contributed by atoms with van der Waals surface area (Å²) in [5.74, 6) is -0.234. The fourth-order valence-corrected chi connectivity index (χ4v) is 3.88. The summed E-state index contributed by atoms with van der Waals surface area (Å²) in [4.78, 5) is 55.0. The van der Waals surface area contributed by atoms with Crippen LogP contribution in [0.3, 0.4) is 0 Å². The second-order valence-corrected chi connectivity index (χ2v) is 6.35. The van der Waals surface area contributed by atoms with Crippen molar-refractivity contribution in [2.75, 3.05) is 13.3 Å². The van der Waals surface area contributed by atoms with Gasteiger partial charge in [-0.15, -0.1) is 0 Å². The van der Waals surface area contributed by atoms with Gasteiger partial charge in [-0.1, -0.05) is 6.92 Å². The van der Waals surface area contributed by atoms with Crippen LogP contribution in [-0.4, -0.2) is 81.5 Å². The number of rotatable bonds is 1. The molecule has 0 aliphatic carbocycles. The van der Waals surface area contributed by atoms with Crippen LogP contribution in [0.25, 0.3) is 0 Å². The van der Waals surface area contributed by atoms with Gasteiger partial charge in [-0.2, -0.15) is 0 Å². The second kappa shape index (κ2) is 4.89. The Bertz CT molecular complexity index is 638. The van der Waals surface area contributed by atoms with Crippen LogP contribution < -0.4 is 16.0 Å². The Morgan fingerprint density at radius 1 is 0.958 bits per heavy atom. The molecule has 4 fully saturated rings. The van der Waals surface area contributed by atoms with E-state index in [4.69, 9.17) is 0 Å². The molecular weight excluding hydrogens is 318 g/mol. The third-order valence-electron chi connectivity index (χ3n) is 5.04. The molecule has 0 spiro atoms. The Morgan fingerprint density at radius 2 is 1.50 bits per heavy atom. The highest BCUT2D eigenvalue weighted by Gasteiger charge is 2.56.